The fourth-order valence-corrected chi connectivity index (χ4v) is 3.45. The first-order valence-corrected chi connectivity index (χ1v) is 8.78. The molecule has 0 saturated carbocycles. The van der Waals surface area contributed by atoms with Gasteiger partial charge in [-0.2, -0.15) is 0 Å². The van der Waals surface area contributed by atoms with Crippen LogP contribution in [0.5, 0.6) is 0 Å². The summed E-state index contributed by atoms with van der Waals surface area (Å²) in [6, 6.07) is 5.91. The molecule has 1 saturated heterocycles. The lowest BCUT2D eigenvalue weighted by atomic mass is 9.96. The quantitative estimate of drug-likeness (QED) is 0.888. The molecule has 0 spiro atoms. The molecule has 1 unspecified atom stereocenters. The lowest BCUT2D eigenvalue weighted by Crippen LogP contribution is -2.46. The minimum absolute atomic E-state index is 0.0277. The van der Waals surface area contributed by atoms with E-state index >= 15 is 0 Å². The number of nitrogens with two attached hydrogens (primary N) is 1. The highest BCUT2D eigenvalue weighted by Crippen LogP contribution is 2.29. The number of fused-ring (bicyclic) bond motifs is 1. The predicted molar refractivity (Wildman–Crippen MR) is 96.4 cm³/mol. The van der Waals surface area contributed by atoms with E-state index in [1.165, 1.54) is 0 Å². The van der Waals surface area contributed by atoms with Gasteiger partial charge in [0.15, 0.2) is 5.76 Å². The second-order valence-corrected chi connectivity index (χ2v) is 6.68. The van der Waals surface area contributed by atoms with Crippen LogP contribution in [0.25, 0.3) is 11.0 Å². The van der Waals surface area contributed by atoms with Crippen LogP contribution < -0.4 is 11.1 Å². The molecular formula is C19H25N3O3. The summed E-state index contributed by atoms with van der Waals surface area (Å²) in [6.45, 7) is 5.83. The molecule has 6 nitrogen and oxygen atoms in total. The van der Waals surface area contributed by atoms with E-state index < -0.39 is 0 Å². The number of hydrogen-bond acceptors (Lipinski definition) is 4. The SMILES string of the molecule is Cc1c(C(=O)N2CCCC(C(=O)NCCN)C2)oc2c(C)cccc12. The number of para-hydroxylation sites is 1. The van der Waals surface area contributed by atoms with Gasteiger partial charge in [0.2, 0.25) is 5.91 Å². The van der Waals surface area contributed by atoms with Crippen molar-refractivity contribution in [1.29, 1.82) is 0 Å². The van der Waals surface area contributed by atoms with Crippen molar-refractivity contribution in [3.63, 3.8) is 0 Å². The molecule has 2 amide bonds. The predicted octanol–water partition coefficient (Wildman–Crippen LogP) is 1.98. The molecular weight excluding hydrogens is 318 g/mol. The van der Waals surface area contributed by atoms with Crippen LogP contribution in [0, 0.1) is 19.8 Å². The highest BCUT2D eigenvalue weighted by Gasteiger charge is 2.31. The van der Waals surface area contributed by atoms with Crippen molar-refractivity contribution in [2.24, 2.45) is 11.7 Å². The zero-order valence-corrected chi connectivity index (χ0v) is 14.8. The number of likely N-dealkylation sites (tertiary alicyclic amines) is 1. The summed E-state index contributed by atoms with van der Waals surface area (Å²) in [5.74, 6) is 0.0348. The van der Waals surface area contributed by atoms with Gasteiger partial charge in [-0.05, 0) is 32.3 Å². The van der Waals surface area contributed by atoms with E-state index in [0.717, 1.165) is 34.9 Å². The number of benzene rings is 1. The molecule has 0 radical (unpaired) electrons. The Morgan fingerprint density at radius 2 is 2.16 bits per heavy atom. The topological polar surface area (TPSA) is 88.6 Å². The van der Waals surface area contributed by atoms with E-state index in [1.54, 1.807) is 4.90 Å². The summed E-state index contributed by atoms with van der Waals surface area (Å²) in [4.78, 5) is 26.9. The molecule has 6 heteroatoms. The van der Waals surface area contributed by atoms with Crippen molar-refractivity contribution >= 4 is 22.8 Å². The first kappa shape index (κ1) is 17.5. The number of carbonyl (C=O) groups is 2. The molecule has 1 aliphatic heterocycles. The second kappa shape index (κ2) is 7.27. The minimum Gasteiger partial charge on any atom is -0.450 e. The third kappa shape index (κ3) is 3.39. The molecule has 0 aliphatic carbocycles. The number of rotatable bonds is 4. The average molecular weight is 343 g/mol. The minimum atomic E-state index is -0.185. The highest BCUT2D eigenvalue weighted by molar-refractivity contribution is 5.99. The fraction of sp³-hybridized carbons (Fsp3) is 0.474. The Labute approximate surface area is 147 Å². The van der Waals surface area contributed by atoms with E-state index in [1.807, 2.05) is 32.0 Å². The van der Waals surface area contributed by atoms with Gasteiger partial charge < -0.3 is 20.4 Å². The molecule has 2 heterocycles. The van der Waals surface area contributed by atoms with Crippen molar-refractivity contribution < 1.29 is 14.0 Å². The monoisotopic (exact) mass is 343 g/mol. The number of nitrogens with zero attached hydrogens (tertiary/aromatic N) is 1. The maximum atomic E-state index is 13.0. The normalized spacial score (nSPS) is 17.7. The Morgan fingerprint density at radius 1 is 1.36 bits per heavy atom. The van der Waals surface area contributed by atoms with E-state index in [9.17, 15) is 9.59 Å². The van der Waals surface area contributed by atoms with Crippen molar-refractivity contribution in [2.45, 2.75) is 26.7 Å². The van der Waals surface area contributed by atoms with Crippen molar-refractivity contribution in [1.82, 2.24) is 10.2 Å². The van der Waals surface area contributed by atoms with E-state index in [0.29, 0.717) is 31.9 Å². The average Bonchev–Trinajstić information content (AvgIpc) is 2.97. The van der Waals surface area contributed by atoms with Gasteiger partial charge >= 0.3 is 0 Å². The zero-order valence-electron chi connectivity index (χ0n) is 14.8. The van der Waals surface area contributed by atoms with Crippen molar-refractivity contribution in [3.05, 3.63) is 35.1 Å². The molecule has 1 aromatic carbocycles. The molecule has 1 aliphatic rings. The van der Waals surface area contributed by atoms with Gasteiger partial charge in [-0.1, -0.05) is 18.2 Å². The number of carbonyl (C=O) groups excluding carboxylic acids is 2. The fourth-order valence-electron chi connectivity index (χ4n) is 3.45. The summed E-state index contributed by atoms with van der Waals surface area (Å²) in [5, 5.41) is 3.79. The van der Waals surface area contributed by atoms with Crippen LogP contribution in [0.3, 0.4) is 0 Å². The first-order valence-electron chi connectivity index (χ1n) is 8.78. The van der Waals surface area contributed by atoms with Crippen molar-refractivity contribution in [3.8, 4) is 0 Å². The maximum Gasteiger partial charge on any atom is 0.289 e. The molecule has 1 atom stereocenters. The Balaban J connectivity index is 1.80. The van der Waals surface area contributed by atoms with Crippen LogP contribution in [0.15, 0.2) is 22.6 Å². The highest BCUT2D eigenvalue weighted by atomic mass is 16.3. The summed E-state index contributed by atoms with van der Waals surface area (Å²) < 4.78 is 5.90. The van der Waals surface area contributed by atoms with Crippen LogP contribution in [-0.4, -0.2) is 42.9 Å². The van der Waals surface area contributed by atoms with Crippen LogP contribution in [0.2, 0.25) is 0 Å². The number of aryl methyl sites for hydroxylation is 2. The third-order valence-corrected chi connectivity index (χ3v) is 4.88. The van der Waals surface area contributed by atoms with Crippen LogP contribution >= 0.6 is 0 Å². The Kier molecular flexibility index (Phi) is 5.08. The summed E-state index contributed by atoms with van der Waals surface area (Å²) in [6.07, 6.45) is 1.60. The second-order valence-electron chi connectivity index (χ2n) is 6.68. The Hall–Kier alpha value is -2.34. The van der Waals surface area contributed by atoms with E-state index in [2.05, 4.69) is 5.32 Å². The largest absolute Gasteiger partial charge is 0.450 e. The molecule has 134 valence electrons. The summed E-state index contributed by atoms with van der Waals surface area (Å²) in [7, 11) is 0. The summed E-state index contributed by atoms with van der Waals surface area (Å²) >= 11 is 0. The number of furan rings is 1. The maximum absolute atomic E-state index is 13.0. The molecule has 25 heavy (non-hydrogen) atoms. The van der Waals surface area contributed by atoms with Gasteiger partial charge in [-0.15, -0.1) is 0 Å². The van der Waals surface area contributed by atoms with Gasteiger partial charge in [-0.25, -0.2) is 0 Å². The number of hydrogen-bond donors (Lipinski definition) is 2. The molecule has 2 aromatic rings. The number of piperidine rings is 1. The van der Waals surface area contributed by atoms with Gasteiger partial charge in [0.1, 0.15) is 5.58 Å². The molecule has 1 fully saturated rings. The molecule has 3 rings (SSSR count). The van der Waals surface area contributed by atoms with Gasteiger partial charge in [0.05, 0.1) is 5.92 Å². The van der Waals surface area contributed by atoms with Crippen LogP contribution in [0.4, 0.5) is 0 Å². The molecule has 1 aromatic heterocycles. The van der Waals surface area contributed by atoms with Gasteiger partial charge in [0, 0.05) is 37.1 Å². The van der Waals surface area contributed by atoms with Gasteiger partial charge in [0.25, 0.3) is 5.91 Å². The van der Waals surface area contributed by atoms with Crippen LogP contribution in [-0.2, 0) is 4.79 Å². The lowest BCUT2D eigenvalue weighted by Gasteiger charge is -2.31. The Morgan fingerprint density at radius 3 is 2.88 bits per heavy atom. The van der Waals surface area contributed by atoms with E-state index in [4.69, 9.17) is 10.2 Å². The smallest absolute Gasteiger partial charge is 0.289 e. The number of amides is 2. The van der Waals surface area contributed by atoms with Crippen LogP contribution in [0.1, 0.15) is 34.5 Å². The standard InChI is InChI=1S/C19H25N3O3/c1-12-5-3-7-15-13(2)17(25-16(12)15)19(24)22-10-4-6-14(11-22)18(23)21-9-8-20/h3,5,7,14H,4,6,8-11,20H2,1-2H3,(H,21,23). The Bertz CT molecular complexity index is 797. The third-order valence-electron chi connectivity index (χ3n) is 4.88. The molecule has 3 N–H and O–H groups in total. The lowest BCUT2D eigenvalue weighted by molar-refractivity contribution is -0.126. The van der Waals surface area contributed by atoms with Gasteiger partial charge in [-0.3, -0.25) is 9.59 Å². The number of nitrogens with one attached hydrogen (secondary N) is 1. The summed E-state index contributed by atoms with van der Waals surface area (Å²) in [5.41, 5.74) is 8.06. The first-order chi connectivity index (χ1) is 12.0. The zero-order chi connectivity index (χ0) is 18.0. The van der Waals surface area contributed by atoms with E-state index in [-0.39, 0.29) is 17.7 Å². The van der Waals surface area contributed by atoms with Crippen molar-refractivity contribution in [2.75, 3.05) is 26.2 Å². The molecule has 0 bridgehead atoms.